The molecule has 0 unspecified atom stereocenters. The summed E-state index contributed by atoms with van der Waals surface area (Å²) in [6.45, 7) is 4.29. The zero-order chi connectivity index (χ0) is 14.5. The van der Waals surface area contributed by atoms with E-state index in [9.17, 15) is 9.59 Å². The number of amides is 2. The fourth-order valence-corrected chi connectivity index (χ4v) is 2.70. The van der Waals surface area contributed by atoms with Crippen LogP contribution in [0.1, 0.15) is 46.4 Å². The Morgan fingerprint density at radius 3 is 2.25 bits per heavy atom. The van der Waals surface area contributed by atoms with Crippen molar-refractivity contribution in [3.05, 3.63) is 48.0 Å². The van der Waals surface area contributed by atoms with E-state index in [1.54, 1.807) is 30.3 Å². The van der Waals surface area contributed by atoms with Crippen molar-refractivity contribution in [2.75, 3.05) is 6.54 Å². The van der Waals surface area contributed by atoms with Crippen molar-refractivity contribution in [3.8, 4) is 0 Å². The van der Waals surface area contributed by atoms with Gasteiger partial charge in [-0.3, -0.25) is 9.59 Å². The lowest BCUT2D eigenvalue weighted by Gasteiger charge is -2.28. The molecule has 1 fully saturated rings. The summed E-state index contributed by atoms with van der Waals surface area (Å²) in [5, 5.41) is 0. The molecule has 106 valence electrons. The van der Waals surface area contributed by atoms with Crippen LogP contribution in [0.3, 0.4) is 0 Å². The van der Waals surface area contributed by atoms with Gasteiger partial charge in [-0.25, -0.2) is 0 Å². The third-order valence-electron chi connectivity index (χ3n) is 3.77. The molecule has 0 heterocycles. The zero-order valence-electron chi connectivity index (χ0n) is 11.5. The highest BCUT2D eigenvalue weighted by Gasteiger charge is 2.26. The predicted octanol–water partition coefficient (Wildman–Crippen LogP) is 2.36. The molecule has 2 amide bonds. The molecule has 1 aromatic rings. The van der Waals surface area contributed by atoms with Gasteiger partial charge in [-0.2, -0.15) is 0 Å². The quantitative estimate of drug-likeness (QED) is 0.836. The van der Waals surface area contributed by atoms with Crippen LogP contribution in [-0.4, -0.2) is 29.3 Å². The second-order valence-corrected chi connectivity index (χ2v) is 5.13. The monoisotopic (exact) mass is 272 g/mol. The van der Waals surface area contributed by atoms with Gasteiger partial charge in [0.2, 0.25) is 5.91 Å². The smallest absolute Gasteiger partial charge is 0.254 e. The Morgan fingerprint density at radius 1 is 1.20 bits per heavy atom. The Bertz CT molecular complexity index is 502. The normalized spacial score (nSPS) is 15.0. The second kappa shape index (κ2) is 6.37. The average molecular weight is 272 g/mol. The molecule has 4 nitrogen and oxygen atoms in total. The van der Waals surface area contributed by atoms with Crippen molar-refractivity contribution in [1.82, 2.24) is 4.90 Å². The molecular formula is C16H20N2O2. The highest BCUT2D eigenvalue weighted by atomic mass is 16.2. The number of primary amides is 1. The predicted molar refractivity (Wildman–Crippen MR) is 78.4 cm³/mol. The molecule has 1 saturated carbocycles. The minimum Gasteiger partial charge on any atom is -0.366 e. The van der Waals surface area contributed by atoms with E-state index in [0.29, 0.717) is 23.7 Å². The van der Waals surface area contributed by atoms with Crippen LogP contribution in [0.2, 0.25) is 0 Å². The van der Waals surface area contributed by atoms with Crippen LogP contribution in [0.25, 0.3) is 0 Å². The molecule has 1 aromatic carbocycles. The first-order chi connectivity index (χ1) is 9.63. The summed E-state index contributed by atoms with van der Waals surface area (Å²) >= 11 is 0. The maximum Gasteiger partial charge on any atom is 0.254 e. The number of hydrogen-bond donors (Lipinski definition) is 1. The molecule has 4 heteroatoms. The Kier molecular flexibility index (Phi) is 4.56. The van der Waals surface area contributed by atoms with Gasteiger partial charge < -0.3 is 10.6 Å². The van der Waals surface area contributed by atoms with Crippen LogP contribution >= 0.6 is 0 Å². The van der Waals surface area contributed by atoms with Crippen LogP contribution < -0.4 is 5.73 Å². The first-order valence-electron chi connectivity index (χ1n) is 6.95. The molecule has 0 atom stereocenters. The van der Waals surface area contributed by atoms with E-state index in [2.05, 4.69) is 6.58 Å². The summed E-state index contributed by atoms with van der Waals surface area (Å²) < 4.78 is 0. The summed E-state index contributed by atoms with van der Waals surface area (Å²) in [7, 11) is 0. The first-order valence-corrected chi connectivity index (χ1v) is 6.95. The molecule has 0 radical (unpaired) electrons. The Hall–Kier alpha value is -2.10. The molecular weight excluding hydrogens is 252 g/mol. The number of nitrogens with zero attached hydrogens (tertiary/aromatic N) is 1. The van der Waals surface area contributed by atoms with Crippen LogP contribution in [0.4, 0.5) is 0 Å². The van der Waals surface area contributed by atoms with E-state index in [-0.39, 0.29) is 5.91 Å². The highest BCUT2D eigenvalue weighted by Crippen LogP contribution is 2.25. The highest BCUT2D eigenvalue weighted by molar-refractivity contribution is 5.97. The molecule has 0 aromatic heterocycles. The van der Waals surface area contributed by atoms with Gasteiger partial charge in [0.1, 0.15) is 0 Å². The second-order valence-electron chi connectivity index (χ2n) is 5.13. The van der Waals surface area contributed by atoms with Gasteiger partial charge in [0, 0.05) is 23.7 Å². The van der Waals surface area contributed by atoms with Crippen LogP contribution in [0.5, 0.6) is 0 Å². The molecule has 2 N–H and O–H groups in total. The topological polar surface area (TPSA) is 63.4 Å². The Balaban J connectivity index is 2.17. The van der Waals surface area contributed by atoms with Crippen molar-refractivity contribution in [3.63, 3.8) is 0 Å². The fraction of sp³-hybridized carbons (Fsp3) is 0.375. The van der Waals surface area contributed by atoms with Crippen molar-refractivity contribution in [1.29, 1.82) is 0 Å². The number of carbonyl (C=O) groups excluding carboxylic acids is 2. The number of hydrogen-bond acceptors (Lipinski definition) is 2. The number of carbonyl (C=O) groups is 2. The Morgan fingerprint density at radius 2 is 1.75 bits per heavy atom. The van der Waals surface area contributed by atoms with Crippen molar-refractivity contribution in [2.24, 2.45) is 5.73 Å². The third kappa shape index (κ3) is 3.07. The minimum atomic E-state index is -0.484. The van der Waals surface area contributed by atoms with E-state index >= 15 is 0 Å². The standard InChI is InChI=1S/C16H20N2O2/c1-2-11-18(14-5-3-4-6-14)16(20)13-9-7-12(8-10-13)15(17)19/h2,7-10,14H,1,3-6,11H2,(H2,17,19). The van der Waals surface area contributed by atoms with Gasteiger partial charge in [0.15, 0.2) is 0 Å². The molecule has 1 aliphatic rings. The van der Waals surface area contributed by atoms with Crippen LogP contribution in [0, 0.1) is 0 Å². The SMILES string of the molecule is C=CCN(C(=O)c1ccc(C(N)=O)cc1)C1CCCC1. The molecule has 0 spiro atoms. The lowest BCUT2D eigenvalue weighted by atomic mass is 10.1. The van der Waals surface area contributed by atoms with Gasteiger partial charge in [-0.05, 0) is 37.1 Å². The van der Waals surface area contributed by atoms with Gasteiger partial charge >= 0.3 is 0 Å². The summed E-state index contributed by atoms with van der Waals surface area (Å²) in [4.78, 5) is 25.5. The maximum atomic E-state index is 12.6. The minimum absolute atomic E-state index is 0.00665. The Labute approximate surface area is 119 Å². The van der Waals surface area contributed by atoms with E-state index < -0.39 is 5.91 Å². The van der Waals surface area contributed by atoms with E-state index in [1.807, 2.05) is 4.90 Å². The summed E-state index contributed by atoms with van der Waals surface area (Å²) in [5.74, 6) is -0.490. The largest absolute Gasteiger partial charge is 0.366 e. The average Bonchev–Trinajstić information content (AvgIpc) is 2.98. The number of benzene rings is 1. The summed E-state index contributed by atoms with van der Waals surface area (Å²) in [6.07, 6.45) is 6.21. The lowest BCUT2D eigenvalue weighted by molar-refractivity contribution is 0.0706. The van der Waals surface area contributed by atoms with Gasteiger partial charge in [0.25, 0.3) is 5.91 Å². The zero-order valence-corrected chi connectivity index (χ0v) is 11.5. The first kappa shape index (κ1) is 14.3. The van der Waals surface area contributed by atoms with Crippen LogP contribution in [0.15, 0.2) is 36.9 Å². The molecule has 2 rings (SSSR count). The van der Waals surface area contributed by atoms with Crippen molar-refractivity contribution >= 4 is 11.8 Å². The number of nitrogens with two attached hydrogens (primary N) is 1. The summed E-state index contributed by atoms with van der Waals surface area (Å²) in [6, 6.07) is 6.81. The molecule has 0 bridgehead atoms. The third-order valence-corrected chi connectivity index (χ3v) is 3.77. The number of rotatable bonds is 5. The van der Waals surface area contributed by atoms with E-state index in [4.69, 9.17) is 5.73 Å². The van der Waals surface area contributed by atoms with E-state index in [1.165, 1.54) is 12.8 Å². The maximum absolute atomic E-state index is 12.6. The van der Waals surface area contributed by atoms with Crippen LogP contribution in [-0.2, 0) is 0 Å². The summed E-state index contributed by atoms with van der Waals surface area (Å²) in [5.41, 5.74) is 6.20. The molecule has 1 aliphatic carbocycles. The molecule has 0 saturated heterocycles. The van der Waals surface area contributed by atoms with Crippen molar-refractivity contribution < 1.29 is 9.59 Å². The fourth-order valence-electron chi connectivity index (χ4n) is 2.70. The molecule has 0 aliphatic heterocycles. The molecule has 20 heavy (non-hydrogen) atoms. The van der Waals surface area contributed by atoms with Gasteiger partial charge in [-0.15, -0.1) is 6.58 Å². The van der Waals surface area contributed by atoms with E-state index in [0.717, 1.165) is 12.8 Å². The van der Waals surface area contributed by atoms with Crippen molar-refractivity contribution in [2.45, 2.75) is 31.7 Å². The lowest BCUT2D eigenvalue weighted by Crippen LogP contribution is -2.38. The van der Waals surface area contributed by atoms with Gasteiger partial charge in [0.05, 0.1) is 0 Å². The van der Waals surface area contributed by atoms with Gasteiger partial charge in [-0.1, -0.05) is 18.9 Å².